The van der Waals surface area contributed by atoms with Crippen molar-refractivity contribution in [1.29, 1.82) is 0 Å². The predicted octanol–water partition coefficient (Wildman–Crippen LogP) is 4.14. The summed E-state index contributed by atoms with van der Waals surface area (Å²) in [4.78, 5) is 8.17. The van der Waals surface area contributed by atoms with Gasteiger partial charge >= 0.3 is 0 Å². The third-order valence-electron chi connectivity index (χ3n) is 3.79. The number of guanidine groups is 1. The summed E-state index contributed by atoms with van der Waals surface area (Å²) in [7, 11) is 1.67. The fraction of sp³-hybridized carbons (Fsp3) is 0.333. The first-order valence-electron chi connectivity index (χ1n) is 7.99. The molecule has 8 heteroatoms. The van der Waals surface area contributed by atoms with Crippen LogP contribution in [0.3, 0.4) is 0 Å². The van der Waals surface area contributed by atoms with Crippen LogP contribution in [-0.2, 0) is 6.42 Å². The van der Waals surface area contributed by atoms with Crippen molar-refractivity contribution in [2.24, 2.45) is 4.99 Å². The van der Waals surface area contributed by atoms with Crippen LogP contribution in [0.15, 0.2) is 41.5 Å². The van der Waals surface area contributed by atoms with Crippen molar-refractivity contribution in [3.8, 4) is 0 Å². The minimum Gasteiger partial charge on any atom is -0.356 e. The number of aromatic nitrogens is 1. The van der Waals surface area contributed by atoms with Crippen molar-refractivity contribution in [3.05, 3.63) is 64.4 Å². The highest BCUT2D eigenvalue weighted by Crippen LogP contribution is 2.19. The molecule has 26 heavy (non-hydrogen) atoms. The minimum atomic E-state index is -0.574. The number of rotatable bonds is 6. The molecule has 0 aliphatic carbocycles. The maximum absolute atomic E-state index is 13.8. The second-order valence-electron chi connectivity index (χ2n) is 5.69. The van der Waals surface area contributed by atoms with Crippen molar-refractivity contribution in [1.82, 2.24) is 15.6 Å². The van der Waals surface area contributed by atoms with E-state index in [-0.39, 0.29) is 29.9 Å². The SMILES string of the molecule is CN=C(NCCc1ccc(Cl)nc1)NCC(C)c1ccc(F)cc1F.I. The molecule has 0 saturated heterocycles. The van der Waals surface area contributed by atoms with E-state index in [1.165, 1.54) is 12.1 Å². The van der Waals surface area contributed by atoms with E-state index >= 15 is 0 Å². The van der Waals surface area contributed by atoms with Crippen LogP contribution < -0.4 is 10.6 Å². The van der Waals surface area contributed by atoms with E-state index in [9.17, 15) is 8.78 Å². The topological polar surface area (TPSA) is 49.3 Å². The first-order chi connectivity index (χ1) is 12.0. The molecule has 2 N–H and O–H groups in total. The van der Waals surface area contributed by atoms with Gasteiger partial charge in [0.25, 0.3) is 0 Å². The Bertz CT molecular complexity index is 726. The lowest BCUT2D eigenvalue weighted by atomic mass is 10.0. The molecule has 2 aromatic rings. The molecular formula is C18H22ClF2IN4. The molecule has 1 heterocycles. The van der Waals surface area contributed by atoms with E-state index in [2.05, 4.69) is 20.6 Å². The van der Waals surface area contributed by atoms with Gasteiger partial charge in [0.1, 0.15) is 16.8 Å². The summed E-state index contributed by atoms with van der Waals surface area (Å²) >= 11 is 5.76. The van der Waals surface area contributed by atoms with E-state index in [1.807, 2.05) is 13.0 Å². The molecule has 0 aliphatic rings. The molecule has 1 atom stereocenters. The highest BCUT2D eigenvalue weighted by molar-refractivity contribution is 14.0. The van der Waals surface area contributed by atoms with Gasteiger partial charge in [-0.3, -0.25) is 4.99 Å². The van der Waals surface area contributed by atoms with Crippen molar-refractivity contribution in [3.63, 3.8) is 0 Å². The number of halogens is 4. The minimum absolute atomic E-state index is 0. The van der Waals surface area contributed by atoms with Gasteiger partial charge in [-0.25, -0.2) is 13.8 Å². The quantitative estimate of drug-likeness (QED) is 0.275. The summed E-state index contributed by atoms with van der Waals surface area (Å²) in [6.07, 6.45) is 2.51. The molecule has 142 valence electrons. The fourth-order valence-electron chi connectivity index (χ4n) is 2.36. The Labute approximate surface area is 174 Å². The lowest BCUT2D eigenvalue weighted by Gasteiger charge is -2.17. The molecular weight excluding hydrogens is 473 g/mol. The van der Waals surface area contributed by atoms with Crippen molar-refractivity contribution in [2.75, 3.05) is 20.1 Å². The zero-order valence-electron chi connectivity index (χ0n) is 14.6. The lowest BCUT2D eigenvalue weighted by molar-refractivity contribution is 0.556. The second kappa shape index (κ2) is 11.3. The maximum atomic E-state index is 13.8. The molecule has 0 spiro atoms. The van der Waals surface area contributed by atoms with Crippen LogP contribution in [0.25, 0.3) is 0 Å². The first-order valence-corrected chi connectivity index (χ1v) is 8.37. The molecule has 4 nitrogen and oxygen atoms in total. The molecule has 0 bridgehead atoms. The molecule has 0 saturated carbocycles. The Morgan fingerprint density at radius 1 is 1.23 bits per heavy atom. The molecule has 1 aromatic carbocycles. The summed E-state index contributed by atoms with van der Waals surface area (Å²) in [5.74, 6) is -0.612. The van der Waals surface area contributed by atoms with Crippen molar-refractivity contribution >= 4 is 41.5 Å². The highest BCUT2D eigenvalue weighted by Gasteiger charge is 2.12. The summed E-state index contributed by atoms with van der Waals surface area (Å²) in [5, 5.41) is 6.80. The Morgan fingerprint density at radius 2 is 2.00 bits per heavy atom. The van der Waals surface area contributed by atoms with Crippen LogP contribution in [-0.4, -0.2) is 31.1 Å². The maximum Gasteiger partial charge on any atom is 0.191 e. The summed E-state index contributed by atoms with van der Waals surface area (Å²) in [5.41, 5.74) is 1.53. The zero-order chi connectivity index (χ0) is 18.2. The number of pyridine rings is 1. The number of hydrogen-bond acceptors (Lipinski definition) is 2. The highest BCUT2D eigenvalue weighted by atomic mass is 127. The zero-order valence-corrected chi connectivity index (χ0v) is 17.7. The summed E-state index contributed by atoms with van der Waals surface area (Å²) < 4.78 is 26.8. The van der Waals surface area contributed by atoms with E-state index in [1.54, 1.807) is 19.3 Å². The van der Waals surface area contributed by atoms with Crippen molar-refractivity contribution in [2.45, 2.75) is 19.3 Å². The predicted molar refractivity (Wildman–Crippen MR) is 113 cm³/mol. The molecule has 0 aliphatic heterocycles. The Kier molecular flexibility index (Phi) is 9.79. The summed E-state index contributed by atoms with van der Waals surface area (Å²) in [6.45, 7) is 3.02. The van der Waals surface area contributed by atoms with Gasteiger partial charge in [0, 0.05) is 38.3 Å². The van der Waals surface area contributed by atoms with E-state index in [4.69, 9.17) is 11.6 Å². The van der Waals surface area contributed by atoms with Gasteiger partial charge in [-0.2, -0.15) is 0 Å². The Morgan fingerprint density at radius 3 is 2.62 bits per heavy atom. The van der Waals surface area contributed by atoms with Gasteiger partial charge < -0.3 is 10.6 Å². The van der Waals surface area contributed by atoms with E-state index in [0.717, 1.165) is 18.1 Å². The first kappa shape index (κ1) is 22.6. The number of aliphatic imine (C=N–C) groups is 1. The molecule has 0 radical (unpaired) electrons. The molecule has 0 fully saturated rings. The third kappa shape index (κ3) is 7.03. The fourth-order valence-corrected chi connectivity index (χ4v) is 2.47. The van der Waals surface area contributed by atoms with Gasteiger partial charge in [-0.15, -0.1) is 24.0 Å². The third-order valence-corrected chi connectivity index (χ3v) is 4.01. The number of nitrogens with zero attached hydrogens (tertiary/aromatic N) is 2. The van der Waals surface area contributed by atoms with Gasteiger partial charge in [0.15, 0.2) is 5.96 Å². The van der Waals surface area contributed by atoms with E-state index < -0.39 is 11.6 Å². The van der Waals surface area contributed by atoms with Crippen LogP contribution >= 0.6 is 35.6 Å². The van der Waals surface area contributed by atoms with Gasteiger partial charge in [0.05, 0.1) is 0 Å². The number of benzene rings is 1. The standard InChI is InChI=1S/C18H21ClF2N4.HI/c1-12(15-5-4-14(20)9-16(15)21)10-25-18(22-2)23-8-7-13-3-6-17(19)24-11-13;/h3-6,9,11-12H,7-8,10H2,1-2H3,(H2,22,23,25);1H. The molecule has 2 rings (SSSR count). The van der Waals surface area contributed by atoms with Gasteiger partial charge in [-0.05, 0) is 29.7 Å². The molecule has 1 unspecified atom stereocenters. The average molecular weight is 495 g/mol. The normalized spacial score (nSPS) is 12.3. The smallest absolute Gasteiger partial charge is 0.191 e. The van der Waals surface area contributed by atoms with E-state index in [0.29, 0.717) is 29.8 Å². The lowest BCUT2D eigenvalue weighted by Crippen LogP contribution is -2.40. The van der Waals surface area contributed by atoms with Crippen molar-refractivity contribution < 1.29 is 8.78 Å². The van der Waals surface area contributed by atoms with Crippen LogP contribution in [0.5, 0.6) is 0 Å². The Balaban J connectivity index is 0.00000338. The molecule has 1 aromatic heterocycles. The largest absolute Gasteiger partial charge is 0.356 e. The Hall–Kier alpha value is -1.48. The van der Waals surface area contributed by atoms with Gasteiger partial charge in [-0.1, -0.05) is 30.7 Å². The molecule has 0 amide bonds. The van der Waals surface area contributed by atoms with Crippen LogP contribution in [0.1, 0.15) is 24.0 Å². The van der Waals surface area contributed by atoms with Gasteiger partial charge in [0.2, 0.25) is 0 Å². The van der Waals surface area contributed by atoms with Crippen LogP contribution in [0.2, 0.25) is 5.15 Å². The van der Waals surface area contributed by atoms with Crippen LogP contribution in [0, 0.1) is 11.6 Å². The average Bonchev–Trinajstić information content (AvgIpc) is 2.59. The second-order valence-corrected chi connectivity index (χ2v) is 6.07. The number of nitrogens with one attached hydrogen (secondary N) is 2. The summed E-state index contributed by atoms with van der Waals surface area (Å²) in [6, 6.07) is 7.32. The monoisotopic (exact) mass is 494 g/mol. The number of hydrogen-bond donors (Lipinski definition) is 2. The van der Waals surface area contributed by atoms with Crippen LogP contribution in [0.4, 0.5) is 8.78 Å².